The molecule has 1 heterocycles. The maximum Gasteiger partial charge on any atom is 0.328 e. The third kappa shape index (κ3) is 26.9. The van der Waals surface area contributed by atoms with Gasteiger partial charge in [0.2, 0.25) is 41.4 Å². The molecule has 1 aliphatic rings. The summed E-state index contributed by atoms with van der Waals surface area (Å²) < 4.78 is 6.03. The zero-order chi connectivity index (χ0) is 54.8. The Morgan fingerprint density at radius 3 is 1.31 bits per heavy atom. The maximum atomic E-state index is 14.2. The van der Waals surface area contributed by atoms with Crippen LogP contribution >= 0.6 is 0 Å². The van der Waals surface area contributed by atoms with E-state index in [4.69, 9.17) is 4.74 Å². The monoisotopic (exact) mass is 1020 g/mol. The molecule has 1 aliphatic heterocycles. The van der Waals surface area contributed by atoms with Crippen molar-refractivity contribution in [3.63, 3.8) is 0 Å². The van der Waals surface area contributed by atoms with E-state index in [1.165, 1.54) is 0 Å². The van der Waals surface area contributed by atoms with E-state index >= 15 is 0 Å². The largest absolute Gasteiger partial charge is 0.481 e. The van der Waals surface area contributed by atoms with E-state index in [2.05, 4.69) is 51.1 Å². The molecule has 20 heteroatoms. The summed E-state index contributed by atoms with van der Waals surface area (Å²) in [6, 6.07) is -9.64. The molecule has 0 spiro atoms. The van der Waals surface area contributed by atoms with Crippen LogP contribution in [0.2, 0.25) is 0 Å². The second-order valence-electron chi connectivity index (χ2n) is 22.1. The molecular weight excluding hydrogens is 931 g/mol. The van der Waals surface area contributed by atoms with Gasteiger partial charge in [0.25, 0.3) is 0 Å². The van der Waals surface area contributed by atoms with Crippen molar-refractivity contribution in [2.75, 3.05) is 0 Å². The van der Waals surface area contributed by atoms with Crippen molar-refractivity contribution in [2.45, 2.75) is 234 Å². The Morgan fingerprint density at radius 1 is 0.458 bits per heavy atom. The second kappa shape index (κ2) is 33.4. The summed E-state index contributed by atoms with van der Waals surface area (Å²) >= 11 is 0. The molecule has 0 aliphatic carbocycles. The molecule has 1 rings (SSSR count). The number of hydrogen-bond donors (Lipinski definition) is 9. The number of carboxylic acid groups (broad SMARTS) is 2. The summed E-state index contributed by atoms with van der Waals surface area (Å²) in [5, 5.41) is 37.9. The number of rotatable bonds is 23. The number of esters is 1. The Hall–Kier alpha value is -5.30. The molecule has 72 heavy (non-hydrogen) atoms. The summed E-state index contributed by atoms with van der Waals surface area (Å²) in [6.45, 7) is 22.0. The summed E-state index contributed by atoms with van der Waals surface area (Å²) in [5.74, 6) is -10.2. The minimum absolute atomic E-state index is 0.0390. The Bertz CT molecular complexity index is 1790. The number of carbonyl (C=O) groups is 10. The van der Waals surface area contributed by atoms with E-state index in [1.54, 1.807) is 55.4 Å². The zero-order valence-corrected chi connectivity index (χ0v) is 45.3. The van der Waals surface area contributed by atoms with Crippen molar-refractivity contribution in [3.8, 4) is 0 Å². The highest BCUT2D eigenvalue weighted by molar-refractivity contribution is 5.98. The second-order valence-corrected chi connectivity index (χ2v) is 22.1. The average Bonchev–Trinajstić information content (AvgIpc) is 3.24. The van der Waals surface area contributed by atoms with Crippen LogP contribution in [-0.4, -0.2) is 118 Å². The Morgan fingerprint density at radius 2 is 0.861 bits per heavy atom. The fourth-order valence-corrected chi connectivity index (χ4v) is 8.40. The van der Waals surface area contributed by atoms with Gasteiger partial charge in [-0.25, -0.2) is 4.79 Å². The summed E-state index contributed by atoms with van der Waals surface area (Å²) in [5.41, 5.74) is 0. The third-order valence-electron chi connectivity index (χ3n) is 12.1. The number of amides is 7. The number of carboxylic acids is 2. The Kier molecular flexibility index (Phi) is 30.0. The highest BCUT2D eigenvalue weighted by Crippen LogP contribution is 2.19. The first kappa shape index (κ1) is 64.7. The molecule has 0 aromatic rings. The van der Waals surface area contributed by atoms with Gasteiger partial charge in [-0.3, -0.25) is 43.2 Å². The van der Waals surface area contributed by atoms with E-state index in [9.17, 15) is 58.2 Å². The Labute approximate surface area is 428 Å². The van der Waals surface area contributed by atoms with Crippen molar-refractivity contribution in [3.05, 3.63) is 0 Å². The van der Waals surface area contributed by atoms with Gasteiger partial charge in [-0.1, -0.05) is 122 Å². The quantitative estimate of drug-likeness (QED) is 0.0498. The van der Waals surface area contributed by atoms with E-state index < -0.39 is 133 Å². The lowest BCUT2D eigenvalue weighted by molar-refractivity contribution is -0.155. The van der Waals surface area contributed by atoms with Crippen LogP contribution in [0.5, 0.6) is 0 Å². The number of cyclic esters (lactones) is 1. The van der Waals surface area contributed by atoms with Gasteiger partial charge in [-0.2, -0.15) is 0 Å². The van der Waals surface area contributed by atoms with Crippen LogP contribution in [-0.2, 0) is 52.7 Å². The van der Waals surface area contributed by atoms with Crippen LogP contribution in [0.3, 0.4) is 0 Å². The van der Waals surface area contributed by atoms with Gasteiger partial charge < -0.3 is 52.2 Å². The smallest absolute Gasteiger partial charge is 0.328 e. The van der Waals surface area contributed by atoms with Crippen molar-refractivity contribution >= 4 is 59.3 Å². The van der Waals surface area contributed by atoms with Crippen LogP contribution < -0.4 is 37.2 Å². The van der Waals surface area contributed by atoms with Crippen molar-refractivity contribution in [1.29, 1.82) is 0 Å². The van der Waals surface area contributed by atoms with Crippen molar-refractivity contribution in [2.24, 2.45) is 35.5 Å². The molecular formula is C52H91N7O13. The molecule has 7 amide bonds. The lowest BCUT2D eigenvalue weighted by Crippen LogP contribution is -2.61. The van der Waals surface area contributed by atoms with E-state index in [1.807, 2.05) is 13.8 Å². The van der Waals surface area contributed by atoms with Crippen LogP contribution in [0.15, 0.2) is 0 Å². The first-order chi connectivity index (χ1) is 33.6. The molecule has 1 fully saturated rings. The van der Waals surface area contributed by atoms with Crippen LogP contribution in [0.1, 0.15) is 186 Å². The standard InChI is InChI=1S/C52H91N7O13/c1-29(2)19-17-15-13-14-16-18-20-35-27-42(60)53-36(21-22-43(61)62)46(65)54-37(23-30(3)4)47(66)56-39(25-32(7)8)50(69)59-45(34(11)12)51(70)57-40(28-44(63)64)49(68)55-38(24-31(5)6)48(67)58-41(26-33(9)10)52(71)72-35/h29-41,45H,13-28H2,1-12H3,(H,53,60)(H,54,65)(H,55,68)(H,56,66)(H,57,70)(H,58,67)(H,59,69)(H,61,62)(H,63,64)/t35?,36-,37?,38+,39+,40?,41?,45-/m0/s1. The van der Waals surface area contributed by atoms with Gasteiger partial charge in [0.1, 0.15) is 48.4 Å². The van der Waals surface area contributed by atoms with Gasteiger partial charge >= 0.3 is 17.9 Å². The molecule has 4 unspecified atom stereocenters. The molecule has 412 valence electrons. The zero-order valence-electron chi connectivity index (χ0n) is 45.3. The molecule has 0 saturated carbocycles. The highest BCUT2D eigenvalue weighted by Gasteiger charge is 2.37. The Balaban J connectivity index is 3.98. The number of ether oxygens (including phenoxy) is 1. The fraction of sp³-hybridized carbons (Fsp3) is 0.808. The average molecular weight is 1020 g/mol. The minimum atomic E-state index is -1.72. The van der Waals surface area contributed by atoms with Gasteiger partial charge in [0, 0.05) is 6.42 Å². The number of unbranched alkanes of at least 4 members (excludes halogenated alkanes) is 5. The van der Waals surface area contributed by atoms with Crippen LogP contribution in [0.4, 0.5) is 0 Å². The predicted molar refractivity (Wildman–Crippen MR) is 272 cm³/mol. The van der Waals surface area contributed by atoms with Crippen molar-refractivity contribution in [1.82, 2.24) is 37.2 Å². The van der Waals surface area contributed by atoms with Gasteiger partial charge in [0.05, 0.1) is 12.8 Å². The summed E-state index contributed by atoms with van der Waals surface area (Å²) in [7, 11) is 0. The molecule has 0 radical (unpaired) electrons. The number of hydrogen-bond acceptors (Lipinski definition) is 11. The molecule has 0 aromatic carbocycles. The lowest BCUT2D eigenvalue weighted by Gasteiger charge is -2.29. The normalized spacial score (nSPS) is 24.2. The number of carbonyl (C=O) groups excluding carboxylic acids is 8. The topological polar surface area (TPSA) is 305 Å². The molecule has 1 saturated heterocycles. The first-order valence-corrected chi connectivity index (χ1v) is 26.3. The minimum Gasteiger partial charge on any atom is -0.481 e. The van der Waals surface area contributed by atoms with Crippen molar-refractivity contribution < 1.29 is 62.9 Å². The number of nitrogens with one attached hydrogen (secondary N) is 7. The predicted octanol–water partition coefficient (Wildman–Crippen LogP) is 4.65. The number of aliphatic carboxylic acids is 2. The highest BCUT2D eigenvalue weighted by atomic mass is 16.5. The van der Waals surface area contributed by atoms with E-state index in [0.29, 0.717) is 12.3 Å². The molecule has 20 nitrogen and oxygen atoms in total. The van der Waals surface area contributed by atoms with Gasteiger partial charge in [-0.05, 0) is 80.5 Å². The van der Waals surface area contributed by atoms with Crippen LogP contribution in [0, 0.1) is 35.5 Å². The molecule has 8 atom stereocenters. The van der Waals surface area contributed by atoms with E-state index in [0.717, 1.165) is 38.5 Å². The fourth-order valence-electron chi connectivity index (χ4n) is 8.40. The first-order valence-electron chi connectivity index (χ1n) is 26.3. The SMILES string of the molecule is CC(C)CCCCCCCCC1CC(=O)N[C@@H](CCC(=O)O)C(=O)NC(CC(C)C)C(=O)N[C@H](CC(C)C)C(=O)N[C@@H](C(C)C)C(=O)NC(CC(=O)O)C(=O)N[C@H](CC(C)C)C(=O)NC(CC(C)C)C(=O)O1. The third-order valence-corrected chi connectivity index (χ3v) is 12.1. The van der Waals surface area contributed by atoms with Gasteiger partial charge in [-0.15, -0.1) is 0 Å². The van der Waals surface area contributed by atoms with Crippen LogP contribution in [0.25, 0.3) is 0 Å². The molecule has 0 aromatic heterocycles. The molecule has 9 N–H and O–H groups in total. The maximum absolute atomic E-state index is 14.2. The summed E-state index contributed by atoms with van der Waals surface area (Å²) in [6.07, 6.45) is 3.79. The molecule has 0 bridgehead atoms. The van der Waals surface area contributed by atoms with Gasteiger partial charge in [0.15, 0.2) is 0 Å². The lowest BCUT2D eigenvalue weighted by atomic mass is 9.98. The summed E-state index contributed by atoms with van der Waals surface area (Å²) in [4.78, 5) is 136. The van der Waals surface area contributed by atoms with E-state index in [-0.39, 0.29) is 62.2 Å².